The maximum Gasteiger partial charge on any atom is 0.246 e. The van der Waals surface area contributed by atoms with E-state index in [1.807, 2.05) is 36.4 Å². The Morgan fingerprint density at radius 1 is 1.42 bits per heavy atom. The van der Waals surface area contributed by atoms with Crippen molar-refractivity contribution >= 4 is 17.2 Å². The van der Waals surface area contributed by atoms with Crippen molar-refractivity contribution in [1.29, 1.82) is 0 Å². The highest BCUT2D eigenvalue weighted by Gasteiger charge is 2.58. The van der Waals surface area contributed by atoms with Crippen molar-refractivity contribution < 1.29 is 4.79 Å². The quantitative estimate of drug-likeness (QED) is 0.777. The Bertz CT molecular complexity index is 640. The molecule has 2 aliphatic rings. The number of thiophene rings is 1. The molecule has 2 fully saturated rings. The number of carbonyl (C=O) groups excluding carboxylic acids is 1. The van der Waals surface area contributed by atoms with E-state index >= 15 is 0 Å². The van der Waals surface area contributed by atoms with Gasteiger partial charge in [0.05, 0.1) is 0 Å². The molecular formula is C20H30N2OS. The Morgan fingerprint density at radius 2 is 2.17 bits per heavy atom. The van der Waals surface area contributed by atoms with Crippen molar-refractivity contribution in [2.75, 3.05) is 33.7 Å². The summed E-state index contributed by atoms with van der Waals surface area (Å²) in [6, 6.07) is 4.66. The summed E-state index contributed by atoms with van der Waals surface area (Å²) in [4.78, 5) is 19.5. The minimum absolute atomic E-state index is 0.180. The van der Waals surface area contributed by atoms with Crippen molar-refractivity contribution in [3.05, 3.63) is 34.0 Å². The van der Waals surface area contributed by atoms with E-state index < -0.39 is 0 Å². The van der Waals surface area contributed by atoms with Crippen molar-refractivity contribution in [2.24, 2.45) is 5.92 Å². The van der Waals surface area contributed by atoms with Gasteiger partial charge in [0, 0.05) is 40.9 Å². The van der Waals surface area contributed by atoms with E-state index in [0.29, 0.717) is 11.3 Å². The van der Waals surface area contributed by atoms with Crippen molar-refractivity contribution in [1.82, 2.24) is 9.80 Å². The third kappa shape index (κ3) is 3.45. The van der Waals surface area contributed by atoms with Crippen LogP contribution in [0, 0.1) is 5.92 Å². The van der Waals surface area contributed by atoms with Crippen LogP contribution >= 0.6 is 11.3 Å². The van der Waals surface area contributed by atoms with Gasteiger partial charge >= 0.3 is 0 Å². The number of carbonyl (C=O) groups is 1. The zero-order valence-electron chi connectivity index (χ0n) is 15.6. The minimum Gasteiger partial charge on any atom is -0.339 e. The summed E-state index contributed by atoms with van der Waals surface area (Å²) in [6.07, 6.45) is 6.08. The molecule has 3 nitrogen and oxygen atoms in total. The monoisotopic (exact) mass is 346 g/mol. The van der Waals surface area contributed by atoms with Crippen LogP contribution in [0.1, 0.15) is 43.4 Å². The van der Waals surface area contributed by atoms with Crippen LogP contribution in [0.3, 0.4) is 0 Å². The van der Waals surface area contributed by atoms with E-state index in [-0.39, 0.29) is 11.3 Å². The predicted octanol–water partition coefficient (Wildman–Crippen LogP) is 3.65. The van der Waals surface area contributed by atoms with E-state index in [2.05, 4.69) is 37.8 Å². The van der Waals surface area contributed by atoms with E-state index in [9.17, 15) is 4.79 Å². The second kappa shape index (κ2) is 6.30. The molecule has 0 N–H and O–H groups in total. The fraction of sp³-hybridized carbons (Fsp3) is 0.650. The number of fused-ring (bicyclic) bond motifs is 1. The lowest BCUT2D eigenvalue weighted by Crippen LogP contribution is -2.39. The van der Waals surface area contributed by atoms with E-state index in [1.165, 1.54) is 11.3 Å². The highest BCUT2D eigenvalue weighted by Crippen LogP contribution is 2.61. The Kier molecular flexibility index (Phi) is 4.65. The van der Waals surface area contributed by atoms with Gasteiger partial charge in [-0.25, -0.2) is 0 Å². The first kappa shape index (κ1) is 17.7. The molecule has 132 valence electrons. The number of amides is 1. The molecule has 0 aromatic carbocycles. The fourth-order valence-corrected chi connectivity index (χ4v) is 5.09. The van der Waals surface area contributed by atoms with Gasteiger partial charge in [0.1, 0.15) is 0 Å². The molecule has 2 unspecified atom stereocenters. The Balaban J connectivity index is 1.62. The molecule has 0 spiro atoms. The number of piperidine rings is 1. The third-order valence-corrected chi connectivity index (χ3v) is 7.11. The van der Waals surface area contributed by atoms with Crippen molar-refractivity contribution in [3.63, 3.8) is 0 Å². The second-order valence-electron chi connectivity index (χ2n) is 8.67. The largest absolute Gasteiger partial charge is 0.339 e. The molecule has 1 aliphatic heterocycles. The Morgan fingerprint density at radius 3 is 2.75 bits per heavy atom. The van der Waals surface area contributed by atoms with Gasteiger partial charge in [-0.3, -0.25) is 4.79 Å². The summed E-state index contributed by atoms with van der Waals surface area (Å²) in [5, 5.41) is 0. The first-order valence-corrected chi connectivity index (χ1v) is 9.75. The predicted molar refractivity (Wildman–Crippen MR) is 102 cm³/mol. The summed E-state index contributed by atoms with van der Waals surface area (Å²) < 4.78 is 0. The first-order chi connectivity index (χ1) is 11.2. The number of likely N-dealkylation sites (N-methyl/N-ethyl adjacent to an activating group) is 1. The summed E-state index contributed by atoms with van der Waals surface area (Å²) in [7, 11) is 4.03. The van der Waals surface area contributed by atoms with Gasteiger partial charge < -0.3 is 9.80 Å². The van der Waals surface area contributed by atoms with Gasteiger partial charge in [0.2, 0.25) is 5.91 Å². The topological polar surface area (TPSA) is 23.6 Å². The van der Waals surface area contributed by atoms with Gasteiger partial charge in [0.15, 0.2) is 0 Å². The maximum absolute atomic E-state index is 12.3. The van der Waals surface area contributed by atoms with Crippen molar-refractivity contribution in [3.8, 4) is 0 Å². The summed E-state index contributed by atoms with van der Waals surface area (Å²) >= 11 is 1.99. The van der Waals surface area contributed by atoms with Crippen LogP contribution in [0.4, 0.5) is 0 Å². The van der Waals surface area contributed by atoms with Crippen LogP contribution < -0.4 is 0 Å². The summed E-state index contributed by atoms with van der Waals surface area (Å²) in [5.41, 5.74) is 0.607. The lowest BCUT2D eigenvalue weighted by atomic mass is 9.92. The molecular weight excluding hydrogens is 316 g/mol. The molecule has 2 atom stereocenters. The van der Waals surface area contributed by atoms with Gasteiger partial charge in [-0.05, 0) is 50.4 Å². The van der Waals surface area contributed by atoms with Gasteiger partial charge in [-0.1, -0.05) is 26.8 Å². The maximum atomic E-state index is 12.3. The Labute approximate surface area is 150 Å². The molecule has 1 aromatic rings. The smallest absolute Gasteiger partial charge is 0.246 e. The van der Waals surface area contributed by atoms with Crippen LogP contribution in [0.5, 0.6) is 0 Å². The van der Waals surface area contributed by atoms with E-state index in [0.717, 1.165) is 26.1 Å². The SMILES string of the molecule is CN(C)C/C=C/C(=O)N1CCC2(c3ccc(C(C)(C)C)s3)CC2C1. The van der Waals surface area contributed by atoms with E-state index in [1.54, 1.807) is 11.0 Å². The number of rotatable bonds is 4. The minimum atomic E-state index is 0.180. The molecule has 24 heavy (non-hydrogen) atoms. The number of likely N-dealkylation sites (tertiary alicyclic amines) is 1. The molecule has 4 heteroatoms. The third-order valence-electron chi connectivity index (χ3n) is 5.38. The molecule has 0 bridgehead atoms. The van der Waals surface area contributed by atoms with Crippen LogP contribution in [-0.2, 0) is 15.6 Å². The van der Waals surface area contributed by atoms with Crippen LogP contribution in [-0.4, -0.2) is 49.4 Å². The standard InChI is InChI=1S/C20H30N2OS/c1-19(2,3)16-8-9-17(24-16)20-10-12-22(14-15(20)13-20)18(23)7-6-11-21(4)5/h6-9,15H,10-14H2,1-5H3/b7-6+. The number of nitrogens with zero attached hydrogens (tertiary/aromatic N) is 2. The summed E-state index contributed by atoms with van der Waals surface area (Å²) in [6.45, 7) is 9.49. The van der Waals surface area contributed by atoms with Gasteiger partial charge in [-0.2, -0.15) is 0 Å². The molecule has 0 radical (unpaired) electrons. The lowest BCUT2D eigenvalue weighted by Gasteiger charge is -2.30. The molecule has 1 saturated carbocycles. The second-order valence-corrected chi connectivity index (χ2v) is 9.75. The Hall–Kier alpha value is -1.13. The molecule has 1 aliphatic carbocycles. The normalized spacial score (nSPS) is 26.9. The van der Waals surface area contributed by atoms with Crippen LogP contribution in [0.25, 0.3) is 0 Å². The molecule has 1 amide bonds. The number of hydrogen-bond acceptors (Lipinski definition) is 3. The molecule has 3 rings (SSSR count). The van der Waals surface area contributed by atoms with Gasteiger partial charge in [-0.15, -0.1) is 11.3 Å². The molecule has 1 saturated heterocycles. The fourth-order valence-electron chi connectivity index (χ4n) is 3.72. The average molecular weight is 347 g/mol. The lowest BCUT2D eigenvalue weighted by molar-refractivity contribution is -0.127. The van der Waals surface area contributed by atoms with Crippen LogP contribution in [0.15, 0.2) is 24.3 Å². The highest BCUT2D eigenvalue weighted by molar-refractivity contribution is 7.12. The average Bonchev–Trinajstić information content (AvgIpc) is 2.99. The van der Waals surface area contributed by atoms with Crippen LogP contribution in [0.2, 0.25) is 0 Å². The zero-order chi connectivity index (χ0) is 17.5. The first-order valence-electron chi connectivity index (χ1n) is 8.93. The zero-order valence-corrected chi connectivity index (χ0v) is 16.4. The summed E-state index contributed by atoms with van der Waals surface area (Å²) in [5.74, 6) is 0.836. The highest BCUT2D eigenvalue weighted by atomic mass is 32.1. The van der Waals surface area contributed by atoms with Crippen molar-refractivity contribution in [2.45, 2.75) is 44.4 Å². The molecule has 2 heterocycles. The van der Waals surface area contributed by atoms with E-state index in [4.69, 9.17) is 0 Å². The number of hydrogen-bond donors (Lipinski definition) is 0. The van der Waals surface area contributed by atoms with Gasteiger partial charge in [0.25, 0.3) is 0 Å². The molecule has 1 aromatic heterocycles.